The fourth-order valence-electron chi connectivity index (χ4n) is 1.98. The highest BCUT2D eigenvalue weighted by atomic mass is 32.2. The first-order valence-electron chi connectivity index (χ1n) is 6.40. The molecule has 2 rings (SSSR count). The minimum absolute atomic E-state index is 0.0215. The highest BCUT2D eigenvalue weighted by Crippen LogP contribution is 2.20. The van der Waals surface area contributed by atoms with Crippen LogP contribution >= 0.6 is 11.8 Å². The van der Waals surface area contributed by atoms with Gasteiger partial charge in [-0.2, -0.15) is 5.26 Å². The van der Waals surface area contributed by atoms with Crippen LogP contribution in [0, 0.1) is 11.3 Å². The van der Waals surface area contributed by atoms with Crippen LogP contribution in [-0.4, -0.2) is 30.0 Å². The zero-order chi connectivity index (χ0) is 13.5. The molecule has 0 atom stereocenters. The number of benzene rings is 1. The van der Waals surface area contributed by atoms with Crippen LogP contribution in [0.15, 0.2) is 24.3 Å². The van der Waals surface area contributed by atoms with Gasteiger partial charge >= 0.3 is 0 Å². The number of carbonyl (C=O) groups is 1. The molecular weight excluding hydrogens is 258 g/mol. The molecule has 2 N–H and O–H groups in total. The van der Waals surface area contributed by atoms with E-state index in [1.165, 1.54) is 0 Å². The molecule has 19 heavy (non-hydrogen) atoms. The number of anilines is 1. The van der Waals surface area contributed by atoms with E-state index in [0.29, 0.717) is 16.6 Å². The number of thioether (sulfide) groups is 1. The van der Waals surface area contributed by atoms with Gasteiger partial charge < -0.3 is 10.6 Å². The Morgan fingerprint density at radius 2 is 2.05 bits per heavy atom. The number of carbonyl (C=O) groups excluding carboxylic acids is 1. The van der Waals surface area contributed by atoms with Gasteiger partial charge in [0.15, 0.2) is 0 Å². The Hall–Kier alpha value is -1.51. The smallest absolute Gasteiger partial charge is 0.234 e. The number of rotatable bonds is 4. The third-order valence-electron chi connectivity index (χ3n) is 3.03. The van der Waals surface area contributed by atoms with Crippen molar-refractivity contribution in [3.8, 4) is 6.07 Å². The lowest BCUT2D eigenvalue weighted by Crippen LogP contribution is -2.30. The Morgan fingerprint density at radius 1 is 1.37 bits per heavy atom. The van der Waals surface area contributed by atoms with Gasteiger partial charge in [0, 0.05) is 10.9 Å². The van der Waals surface area contributed by atoms with Crippen LogP contribution in [0.4, 0.5) is 5.69 Å². The summed E-state index contributed by atoms with van der Waals surface area (Å²) in [6.45, 7) is 2.10. The molecule has 0 radical (unpaired) electrons. The molecular formula is C14H17N3OS. The normalized spacial score (nSPS) is 15.7. The Bertz CT molecular complexity index is 461. The molecule has 1 aromatic rings. The summed E-state index contributed by atoms with van der Waals surface area (Å²) >= 11 is 1.73. The lowest BCUT2D eigenvalue weighted by atomic mass is 10.2. The minimum Gasteiger partial charge on any atom is -0.325 e. The fraction of sp³-hybridized carbons (Fsp3) is 0.429. The molecule has 1 fully saturated rings. The molecule has 0 saturated carbocycles. The van der Waals surface area contributed by atoms with Gasteiger partial charge in [0.1, 0.15) is 0 Å². The summed E-state index contributed by atoms with van der Waals surface area (Å²) < 4.78 is 0. The second kappa shape index (κ2) is 7.17. The van der Waals surface area contributed by atoms with Crippen molar-refractivity contribution in [3.05, 3.63) is 29.8 Å². The average molecular weight is 275 g/mol. The molecule has 1 aromatic carbocycles. The first-order chi connectivity index (χ1) is 9.28. The number of nitrogens with zero attached hydrogens (tertiary/aromatic N) is 1. The van der Waals surface area contributed by atoms with Gasteiger partial charge in [0.05, 0.1) is 17.4 Å². The van der Waals surface area contributed by atoms with Gasteiger partial charge in [0.25, 0.3) is 0 Å². The van der Waals surface area contributed by atoms with Crippen molar-refractivity contribution in [1.82, 2.24) is 5.32 Å². The first kappa shape index (κ1) is 13.9. The molecule has 1 aliphatic heterocycles. The molecule has 1 aliphatic rings. The van der Waals surface area contributed by atoms with Crippen molar-refractivity contribution in [1.29, 1.82) is 5.26 Å². The van der Waals surface area contributed by atoms with E-state index in [0.717, 1.165) is 31.6 Å². The molecule has 1 amide bonds. The van der Waals surface area contributed by atoms with E-state index in [1.807, 2.05) is 0 Å². The zero-order valence-electron chi connectivity index (χ0n) is 10.7. The molecule has 0 aliphatic carbocycles. The van der Waals surface area contributed by atoms with Crippen molar-refractivity contribution in [3.63, 3.8) is 0 Å². The summed E-state index contributed by atoms with van der Waals surface area (Å²) in [7, 11) is 0. The van der Waals surface area contributed by atoms with E-state index < -0.39 is 0 Å². The monoisotopic (exact) mass is 275 g/mol. The van der Waals surface area contributed by atoms with E-state index in [1.54, 1.807) is 36.0 Å². The average Bonchev–Trinajstić information content (AvgIpc) is 2.47. The SMILES string of the molecule is N#Cc1ccc(NC(=O)CSC2CCNCC2)cc1. The van der Waals surface area contributed by atoms with Crippen molar-refractivity contribution in [2.24, 2.45) is 0 Å². The molecule has 0 spiro atoms. The first-order valence-corrected chi connectivity index (χ1v) is 7.45. The predicted octanol–water partition coefficient (Wildman–Crippen LogP) is 1.98. The molecule has 5 heteroatoms. The number of hydrogen-bond acceptors (Lipinski definition) is 4. The maximum atomic E-state index is 11.8. The molecule has 0 unspecified atom stereocenters. The summed E-state index contributed by atoms with van der Waals surface area (Å²) in [5.74, 6) is 0.512. The van der Waals surface area contributed by atoms with E-state index in [4.69, 9.17) is 5.26 Å². The molecule has 0 aromatic heterocycles. The second-order valence-electron chi connectivity index (χ2n) is 4.50. The third kappa shape index (κ3) is 4.58. The predicted molar refractivity (Wildman–Crippen MR) is 78.1 cm³/mol. The highest BCUT2D eigenvalue weighted by Gasteiger charge is 2.14. The van der Waals surface area contributed by atoms with E-state index >= 15 is 0 Å². The topological polar surface area (TPSA) is 64.9 Å². The van der Waals surface area contributed by atoms with Crippen LogP contribution in [0.25, 0.3) is 0 Å². The van der Waals surface area contributed by atoms with Gasteiger partial charge in [-0.3, -0.25) is 4.79 Å². The molecule has 4 nitrogen and oxygen atoms in total. The lowest BCUT2D eigenvalue weighted by Gasteiger charge is -2.21. The van der Waals surface area contributed by atoms with Crippen molar-refractivity contribution in [2.45, 2.75) is 18.1 Å². The molecule has 100 valence electrons. The number of hydrogen-bond donors (Lipinski definition) is 2. The van der Waals surface area contributed by atoms with E-state index in [9.17, 15) is 4.79 Å². The maximum Gasteiger partial charge on any atom is 0.234 e. The van der Waals surface area contributed by atoms with Crippen LogP contribution in [0.1, 0.15) is 18.4 Å². The summed E-state index contributed by atoms with van der Waals surface area (Å²) in [5.41, 5.74) is 1.34. The lowest BCUT2D eigenvalue weighted by molar-refractivity contribution is -0.113. The Morgan fingerprint density at radius 3 is 2.68 bits per heavy atom. The summed E-state index contributed by atoms with van der Waals surface area (Å²) in [6.07, 6.45) is 2.27. The van der Waals surface area contributed by atoms with Gasteiger partial charge in [-0.05, 0) is 50.2 Å². The minimum atomic E-state index is 0.0215. The standard InChI is InChI=1S/C14H17N3OS/c15-9-11-1-3-12(4-2-11)17-14(18)10-19-13-5-7-16-8-6-13/h1-4,13,16H,5-8,10H2,(H,17,18). The number of nitriles is 1. The van der Waals surface area contributed by atoms with Crippen molar-refractivity contribution >= 4 is 23.4 Å². The highest BCUT2D eigenvalue weighted by molar-refractivity contribution is 8.00. The maximum absolute atomic E-state index is 11.8. The summed E-state index contributed by atoms with van der Waals surface area (Å²) in [5, 5.41) is 15.4. The van der Waals surface area contributed by atoms with Gasteiger partial charge in [-0.1, -0.05) is 0 Å². The van der Waals surface area contributed by atoms with Gasteiger partial charge in [0.2, 0.25) is 5.91 Å². The fourth-order valence-corrected chi connectivity index (χ4v) is 3.01. The van der Waals surface area contributed by atoms with Crippen LogP contribution in [0.2, 0.25) is 0 Å². The summed E-state index contributed by atoms with van der Waals surface area (Å²) in [6, 6.07) is 8.97. The molecule has 1 saturated heterocycles. The van der Waals surface area contributed by atoms with Gasteiger partial charge in [-0.25, -0.2) is 0 Å². The molecule has 0 bridgehead atoms. The Kier molecular flexibility index (Phi) is 5.25. The summed E-state index contributed by atoms with van der Waals surface area (Å²) in [4.78, 5) is 11.8. The van der Waals surface area contributed by atoms with E-state index in [-0.39, 0.29) is 5.91 Å². The second-order valence-corrected chi connectivity index (χ2v) is 5.79. The van der Waals surface area contributed by atoms with Crippen molar-refractivity contribution < 1.29 is 4.79 Å². The Balaban J connectivity index is 1.75. The van der Waals surface area contributed by atoms with Gasteiger partial charge in [-0.15, -0.1) is 11.8 Å². The number of piperidine rings is 1. The van der Waals surface area contributed by atoms with Crippen LogP contribution in [-0.2, 0) is 4.79 Å². The van der Waals surface area contributed by atoms with Crippen LogP contribution in [0.3, 0.4) is 0 Å². The number of amides is 1. The van der Waals surface area contributed by atoms with Crippen molar-refractivity contribution in [2.75, 3.05) is 24.2 Å². The van der Waals surface area contributed by atoms with Crippen LogP contribution in [0.5, 0.6) is 0 Å². The quantitative estimate of drug-likeness (QED) is 0.882. The largest absolute Gasteiger partial charge is 0.325 e. The third-order valence-corrected chi connectivity index (χ3v) is 4.41. The molecule has 1 heterocycles. The Labute approximate surface area is 117 Å². The zero-order valence-corrected chi connectivity index (χ0v) is 11.5. The van der Waals surface area contributed by atoms with Crippen LogP contribution < -0.4 is 10.6 Å². The van der Waals surface area contributed by atoms with E-state index in [2.05, 4.69) is 16.7 Å². The number of nitrogens with one attached hydrogen (secondary N) is 2.